The molecule has 0 aliphatic carbocycles. The van der Waals surface area contributed by atoms with Gasteiger partial charge in [-0.3, -0.25) is 30.3 Å². The fourth-order valence-electron chi connectivity index (χ4n) is 1.40. The Kier molecular flexibility index (Phi) is 3.42. The van der Waals surface area contributed by atoms with E-state index in [-0.39, 0.29) is 11.3 Å². The number of barbiturate groups is 1. The van der Waals surface area contributed by atoms with Gasteiger partial charge < -0.3 is 4.42 Å². The van der Waals surface area contributed by atoms with Crippen molar-refractivity contribution in [2.45, 2.75) is 0 Å². The number of carbonyl (C=O) groups excluding carboxylic acids is 3. The van der Waals surface area contributed by atoms with Crippen molar-refractivity contribution in [1.29, 1.82) is 0 Å². The Bertz CT molecular complexity index is 647. The molecule has 2 N–H and O–H groups in total. The van der Waals surface area contributed by atoms with Gasteiger partial charge in [-0.25, -0.2) is 4.79 Å². The highest BCUT2D eigenvalue weighted by Gasteiger charge is 2.26. The van der Waals surface area contributed by atoms with E-state index in [1.165, 1.54) is 24.3 Å². The predicted molar refractivity (Wildman–Crippen MR) is 64.2 cm³/mol. The van der Waals surface area contributed by atoms with Crippen molar-refractivity contribution in [3.63, 3.8) is 0 Å². The largest absolute Gasteiger partial charge is 0.433 e. The van der Waals surface area contributed by atoms with Crippen molar-refractivity contribution in [3.05, 3.63) is 45.7 Å². The van der Waals surface area contributed by atoms with Crippen LogP contribution in [0.5, 0.6) is 0 Å². The smallest absolute Gasteiger partial charge is 0.401 e. The Morgan fingerprint density at radius 1 is 1.15 bits per heavy atom. The Labute approximate surface area is 111 Å². The molecule has 0 atom stereocenters. The van der Waals surface area contributed by atoms with Crippen LogP contribution in [0.4, 0.5) is 10.7 Å². The van der Waals surface area contributed by atoms with Crippen LogP contribution in [0.3, 0.4) is 0 Å². The number of nitrogens with zero attached hydrogens (tertiary/aromatic N) is 1. The third-order valence-electron chi connectivity index (χ3n) is 2.26. The molecule has 2 heterocycles. The summed E-state index contributed by atoms with van der Waals surface area (Å²) < 4.78 is 4.83. The number of imide groups is 2. The molecule has 0 spiro atoms. The number of carbonyl (C=O) groups is 3. The van der Waals surface area contributed by atoms with Gasteiger partial charge in [0.25, 0.3) is 11.8 Å². The molecule has 1 aromatic rings. The zero-order valence-corrected chi connectivity index (χ0v) is 9.78. The minimum atomic E-state index is -0.886. The molecule has 1 fully saturated rings. The normalized spacial score (nSPS) is 15.2. The van der Waals surface area contributed by atoms with E-state index in [0.29, 0.717) is 0 Å². The van der Waals surface area contributed by atoms with E-state index in [1.54, 1.807) is 0 Å². The van der Waals surface area contributed by atoms with E-state index in [0.717, 1.165) is 6.08 Å². The van der Waals surface area contributed by atoms with Crippen LogP contribution >= 0.6 is 0 Å². The van der Waals surface area contributed by atoms with Gasteiger partial charge in [0.2, 0.25) is 0 Å². The summed E-state index contributed by atoms with van der Waals surface area (Å²) in [6, 6.07) is 1.64. The summed E-state index contributed by atoms with van der Waals surface area (Å²) in [4.78, 5) is 43.2. The topological polar surface area (TPSA) is 132 Å². The number of urea groups is 1. The van der Waals surface area contributed by atoms with Crippen LogP contribution in [-0.4, -0.2) is 22.8 Å². The quantitative estimate of drug-likeness (QED) is 0.357. The second kappa shape index (κ2) is 5.18. The molecule has 20 heavy (non-hydrogen) atoms. The fourth-order valence-corrected chi connectivity index (χ4v) is 1.40. The standard InChI is InChI=1S/C11H7N3O6/c15-9-7(10(16)13-11(17)12-9)3-1-2-6-4-5-8(20-6)14(18)19/h1-5H,(H2,12,13,15,16,17)/b2-1+. The molecule has 0 unspecified atom stereocenters. The van der Waals surface area contributed by atoms with E-state index in [1.807, 2.05) is 10.6 Å². The maximum atomic E-state index is 11.3. The third kappa shape index (κ3) is 2.77. The molecular weight excluding hydrogens is 270 g/mol. The van der Waals surface area contributed by atoms with E-state index in [4.69, 9.17) is 4.42 Å². The van der Waals surface area contributed by atoms with Crippen LogP contribution in [0.1, 0.15) is 5.76 Å². The van der Waals surface area contributed by atoms with E-state index < -0.39 is 28.7 Å². The number of nitrogens with one attached hydrogen (secondary N) is 2. The maximum Gasteiger partial charge on any atom is 0.433 e. The first-order valence-corrected chi connectivity index (χ1v) is 5.26. The van der Waals surface area contributed by atoms with E-state index in [9.17, 15) is 24.5 Å². The second-order valence-corrected chi connectivity index (χ2v) is 3.61. The van der Waals surface area contributed by atoms with Gasteiger partial charge in [-0.2, -0.15) is 0 Å². The molecule has 4 amide bonds. The Balaban J connectivity index is 2.13. The van der Waals surface area contributed by atoms with Gasteiger partial charge in [-0.05, 0) is 18.2 Å². The number of furan rings is 1. The average molecular weight is 277 g/mol. The highest BCUT2D eigenvalue weighted by molar-refractivity contribution is 6.29. The Hall–Kier alpha value is -3.23. The molecule has 9 heteroatoms. The first-order chi connectivity index (χ1) is 9.47. The molecule has 0 aromatic carbocycles. The molecule has 9 nitrogen and oxygen atoms in total. The minimum Gasteiger partial charge on any atom is -0.401 e. The number of allylic oxidation sites excluding steroid dienone is 2. The second-order valence-electron chi connectivity index (χ2n) is 3.61. The van der Waals surface area contributed by atoms with Gasteiger partial charge in [0.05, 0.1) is 6.07 Å². The average Bonchev–Trinajstić information content (AvgIpc) is 2.81. The summed E-state index contributed by atoms with van der Waals surface area (Å²) in [5.74, 6) is -1.89. The van der Waals surface area contributed by atoms with Crippen molar-refractivity contribution in [1.82, 2.24) is 10.6 Å². The first-order valence-electron chi connectivity index (χ1n) is 5.26. The molecule has 1 aromatic heterocycles. The monoisotopic (exact) mass is 277 g/mol. The van der Waals surface area contributed by atoms with Gasteiger partial charge in [0, 0.05) is 0 Å². The van der Waals surface area contributed by atoms with Gasteiger partial charge in [-0.15, -0.1) is 0 Å². The highest BCUT2D eigenvalue weighted by atomic mass is 16.6. The van der Waals surface area contributed by atoms with Gasteiger partial charge >= 0.3 is 11.9 Å². The molecule has 0 bridgehead atoms. The van der Waals surface area contributed by atoms with Crippen molar-refractivity contribution in [2.75, 3.05) is 0 Å². The molecule has 0 saturated carbocycles. The van der Waals surface area contributed by atoms with Crippen LogP contribution in [0.2, 0.25) is 0 Å². The lowest BCUT2D eigenvalue weighted by Gasteiger charge is -2.12. The summed E-state index contributed by atoms with van der Waals surface area (Å²) in [5.41, 5.74) is -0.262. The van der Waals surface area contributed by atoms with Crippen LogP contribution in [0, 0.1) is 10.1 Å². The predicted octanol–water partition coefficient (Wildman–Crippen LogP) is 0.493. The molecule has 1 saturated heterocycles. The van der Waals surface area contributed by atoms with Crippen molar-refractivity contribution in [2.24, 2.45) is 0 Å². The molecule has 1 aliphatic heterocycles. The van der Waals surface area contributed by atoms with Crippen molar-refractivity contribution < 1.29 is 23.7 Å². The Morgan fingerprint density at radius 3 is 2.35 bits per heavy atom. The van der Waals surface area contributed by atoms with Gasteiger partial charge in [0.1, 0.15) is 16.3 Å². The SMILES string of the molecule is O=C1NC(=O)C(=C/C=C/c2ccc([N+](=O)[O-])o2)C(=O)N1. The third-order valence-corrected chi connectivity index (χ3v) is 2.26. The minimum absolute atomic E-state index is 0.182. The number of nitro groups is 1. The summed E-state index contributed by atoms with van der Waals surface area (Å²) in [6.07, 6.45) is 3.79. The van der Waals surface area contributed by atoms with E-state index in [2.05, 4.69) is 0 Å². The van der Waals surface area contributed by atoms with Gasteiger partial charge in [0.15, 0.2) is 0 Å². The lowest BCUT2D eigenvalue weighted by molar-refractivity contribution is -0.402. The van der Waals surface area contributed by atoms with E-state index >= 15 is 0 Å². The Morgan fingerprint density at radius 2 is 1.80 bits per heavy atom. The summed E-state index contributed by atoms with van der Waals surface area (Å²) in [7, 11) is 0. The molecule has 102 valence electrons. The highest BCUT2D eigenvalue weighted by Crippen LogP contribution is 2.16. The van der Waals surface area contributed by atoms with Crippen LogP contribution in [0.15, 0.2) is 34.3 Å². The van der Waals surface area contributed by atoms with Crippen molar-refractivity contribution >= 4 is 29.8 Å². The summed E-state index contributed by atoms with van der Waals surface area (Å²) >= 11 is 0. The molecular formula is C11H7N3O6. The number of amides is 4. The van der Waals surface area contributed by atoms with Crippen molar-refractivity contribution in [3.8, 4) is 0 Å². The lowest BCUT2D eigenvalue weighted by atomic mass is 10.2. The molecule has 0 radical (unpaired) electrons. The summed E-state index contributed by atoms with van der Waals surface area (Å²) in [5, 5.41) is 14.2. The number of hydrogen-bond acceptors (Lipinski definition) is 6. The van der Waals surface area contributed by atoms with Crippen LogP contribution in [-0.2, 0) is 9.59 Å². The number of hydrogen-bond donors (Lipinski definition) is 2. The van der Waals surface area contributed by atoms with Gasteiger partial charge in [-0.1, -0.05) is 6.08 Å². The maximum absolute atomic E-state index is 11.3. The zero-order valence-electron chi connectivity index (χ0n) is 9.78. The summed E-state index contributed by atoms with van der Waals surface area (Å²) in [6.45, 7) is 0. The molecule has 2 rings (SSSR count). The van der Waals surface area contributed by atoms with Crippen LogP contribution < -0.4 is 10.6 Å². The van der Waals surface area contributed by atoms with Crippen LogP contribution in [0.25, 0.3) is 6.08 Å². The first kappa shape index (κ1) is 13.2. The molecule has 1 aliphatic rings. The zero-order chi connectivity index (χ0) is 14.7. The number of rotatable bonds is 3. The fraction of sp³-hybridized carbons (Fsp3) is 0. The lowest BCUT2D eigenvalue weighted by Crippen LogP contribution is -2.51.